The zero-order valence-electron chi connectivity index (χ0n) is 7.08. The van der Waals surface area contributed by atoms with E-state index in [0.29, 0.717) is 4.32 Å². The SMILES string of the molecule is CC[C@]1(NC(=S)S)C=CC=CC1. The molecule has 1 atom stereocenters. The summed E-state index contributed by atoms with van der Waals surface area (Å²) in [6.07, 6.45) is 10.4. The maximum absolute atomic E-state index is 4.91. The van der Waals surface area contributed by atoms with Crippen molar-refractivity contribution >= 4 is 29.2 Å². The van der Waals surface area contributed by atoms with E-state index in [1.807, 2.05) is 6.08 Å². The molecule has 1 nitrogen and oxygen atoms in total. The summed E-state index contributed by atoms with van der Waals surface area (Å²) in [5.74, 6) is 0. The van der Waals surface area contributed by atoms with Gasteiger partial charge in [-0.2, -0.15) is 0 Å². The van der Waals surface area contributed by atoms with E-state index >= 15 is 0 Å². The lowest BCUT2D eigenvalue weighted by atomic mass is 9.89. The Balaban J connectivity index is 2.69. The predicted molar refractivity (Wildman–Crippen MR) is 60.6 cm³/mol. The standard InChI is InChI=1S/C9H13NS2/c1-2-9(10-8(11)12)6-4-3-5-7-9/h3-6H,2,7H2,1H3,(H2,10,11,12)/t9-/m0/s1. The second-order valence-electron chi connectivity index (χ2n) is 2.93. The third-order valence-electron chi connectivity index (χ3n) is 2.13. The quantitative estimate of drug-likeness (QED) is 0.523. The predicted octanol–water partition coefficient (Wildman–Crippen LogP) is 2.46. The minimum absolute atomic E-state index is 0.00752. The van der Waals surface area contributed by atoms with Crippen molar-refractivity contribution in [2.75, 3.05) is 0 Å². The van der Waals surface area contributed by atoms with Crippen LogP contribution in [0.3, 0.4) is 0 Å². The molecule has 1 rings (SSSR count). The molecule has 1 aliphatic carbocycles. The third-order valence-corrected chi connectivity index (χ3v) is 2.35. The highest BCUT2D eigenvalue weighted by atomic mass is 32.1. The summed E-state index contributed by atoms with van der Waals surface area (Å²) in [6, 6.07) is 0. The minimum atomic E-state index is 0.00752. The first-order valence-electron chi connectivity index (χ1n) is 4.04. The molecule has 0 saturated heterocycles. The van der Waals surface area contributed by atoms with E-state index in [-0.39, 0.29) is 5.54 Å². The number of thiol groups is 1. The van der Waals surface area contributed by atoms with Crippen LogP contribution in [0.25, 0.3) is 0 Å². The summed E-state index contributed by atoms with van der Waals surface area (Å²) in [5.41, 5.74) is 0.00752. The smallest absolute Gasteiger partial charge is 0.131 e. The minimum Gasteiger partial charge on any atom is -0.362 e. The van der Waals surface area contributed by atoms with Crippen LogP contribution in [0.1, 0.15) is 19.8 Å². The monoisotopic (exact) mass is 199 g/mol. The molecule has 0 bridgehead atoms. The fourth-order valence-electron chi connectivity index (χ4n) is 1.32. The summed E-state index contributed by atoms with van der Waals surface area (Å²) >= 11 is 8.99. The van der Waals surface area contributed by atoms with E-state index in [1.54, 1.807) is 0 Å². The number of nitrogens with one attached hydrogen (secondary N) is 1. The van der Waals surface area contributed by atoms with Gasteiger partial charge in [0, 0.05) is 0 Å². The number of rotatable bonds is 2. The Hall–Kier alpha value is -0.280. The summed E-state index contributed by atoms with van der Waals surface area (Å²) in [6.45, 7) is 2.14. The second-order valence-corrected chi connectivity index (χ2v) is 4.09. The van der Waals surface area contributed by atoms with Crippen LogP contribution in [-0.4, -0.2) is 9.86 Å². The van der Waals surface area contributed by atoms with Gasteiger partial charge in [0.05, 0.1) is 5.54 Å². The fraction of sp³-hybridized carbons (Fsp3) is 0.444. The van der Waals surface area contributed by atoms with Crippen LogP contribution < -0.4 is 5.32 Å². The van der Waals surface area contributed by atoms with Crippen molar-refractivity contribution in [3.8, 4) is 0 Å². The Bertz CT molecular complexity index is 233. The summed E-state index contributed by atoms with van der Waals surface area (Å²) in [7, 11) is 0. The molecule has 0 saturated carbocycles. The van der Waals surface area contributed by atoms with Crippen molar-refractivity contribution in [3.05, 3.63) is 24.3 Å². The van der Waals surface area contributed by atoms with Crippen molar-refractivity contribution < 1.29 is 0 Å². The van der Waals surface area contributed by atoms with E-state index < -0.39 is 0 Å². The molecule has 0 aromatic rings. The molecule has 1 aliphatic rings. The molecule has 0 aromatic carbocycles. The van der Waals surface area contributed by atoms with Gasteiger partial charge in [0.15, 0.2) is 0 Å². The average molecular weight is 199 g/mol. The van der Waals surface area contributed by atoms with E-state index in [1.165, 1.54) is 0 Å². The van der Waals surface area contributed by atoms with Crippen LogP contribution in [0.2, 0.25) is 0 Å². The van der Waals surface area contributed by atoms with Crippen molar-refractivity contribution in [1.82, 2.24) is 5.32 Å². The molecule has 0 spiro atoms. The van der Waals surface area contributed by atoms with Gasteiger partial charge in [-0.1, -0.05) is 43.4 Å². The summed E-state index contributed by atoms with van der Waals surface area (Å²) in [5, 5.41) is 3.20. The molecule has 0 amide bonds. The molecule has 0 heterocycles. The second kappa shape index (κ2) is 4.10. The maximum Gasteiger partial charge on any atom is 0.131 e. The molecule has 66 valence electrons. The summed E-state index contributed by atoms with van der Waals surface area (Å²) < 4.78 is 0.566. The maximum atomic E-state index is 4.91. The van der Waals surface area contributed by atoms with Crippen molar-refractivity contribution in [2.24, 2.45) is 0 Å². The highest BCUT2D eigenvalue weighted by molar-refractivity contribution is 8.11. The van der Waals surface area contributed by atoms with E-state index in [0.717, 1.165) is 12.8 Å². The van der Waals surface area contributed by atoms with Gasteiger partial charge >= 0.3 is 0 Å². The molecule has 3 heteroatoms. The van der Waals surface area contributed by atoms with Crippen LogP contribution in [0.4, 0.5) is 0 Å². The first-order chi connectivity index (χ1) is 5.68. The van der Waals surface area contributed by atoms with Gasteiger partial charge in [0.1, 0.15) is 4.32 Å². The number of allylic oxidation sites excluding steroid dienone is 2. The molecule has 1 N–H and O–H groups in total. The Kier molecular flexibility index (Phi) is 3.35. The number of thiocarbonyl (C=S) groups is 1. The van der Waals surface area contributed by atoms with Crippen LogP contribution >= 0.6 is 24.8 Å². The fourth-order valence-corrected chi connectivity index (χ4v) is 1.75. The molecule has 0 radical (unpaired) electrons. The normalized spacial score (nSPS) is 27.2. The van der Waals surface area contributed by atoms with E-state index in [4.69, 9.17) is 12.2 Å². The number of hydrogen-bond acceptors (Lipinski definition) is 1. The first-order valence-corrected chi connectivity index (χ1v) is 4.89. The average Bonchev–Trinajstić information content (AvgIpc) is 2.05. The molecule has 0 fully saturated rings. The lowest BCUT2D eigenvalue weighted by Crippen LogP contribution is -2.44. The number of hydrogen-bond donors (Lipinski definition) is 2. The van der Waals surface area contributed by atoms with Crippen molar-refractivity contribution in [3.63, 3.8) is 0 Å². The van der Waals surface area contributed by atoms with Crippen molar-refractivity contribution in [2.45, 2.75) is 25.3 Å². The Morgan fingerprint density at radius 3 is 2.83 bits per heavy atom. The zero-order chi connectivity index (χ0) is 9.03. The Labute approximate surface area is 84.3 Å². The molecule has 0 aliphatic heterocycles. The Morgan fingerprint density at radius 1 is 1.67 bits per heavy atom. The largest absolute Gasteiger partial charge is 0.362 e. The van der Waals surface area contributed by atoms with E-state index in [9.17, 15) is 0 Å². The van der Waals surface area contributed by atoms with E-state index in [2.05, 4.69) is 43.1 Å². The third kappa shape index (κ3) is 2.35. The topological polar surface area (TPSA) is 12.0 Å². The van der Waals surface area contributed by atoms with Crippen molar-refractivity contribution in [1.29, 1.82) is 0 Å². The first kappa shape index (κ1) is 9.81. The van der Waals surface area contributed by atoms with Gasteiger partial charge in [0.2, 0.25) is 0 Å². The van der Waals surface area contributed by atoms with Gasteiger partial charge in [-0.05, 0) is 12.8 Å². The van der Waals surface area contributed by atoms with Gasteiger partial charge < -0.3 is 5.32 Å². The van der Waals surface area contributed by atoms with Crippen LogP contribution in [0.5, 0.6) is 0 Å². The zero-order valence-corrected chi connectivity index (χ0v) is 8.79. The molecule has 12 heavy (non-hydrogen) atoms. The van der Waals surface area contributed by atoms with Crippen LogP contribution in [0.15, 0.2) is 24.3 Å². The van der Waals surface area contributed by atoms with Crippen LogP contribution in [0, 0.1) is 0 Å². The molecule has 0 aromatic heterocycles. The lowest BCUT2D eigenvalue weighted by molar-refractivity contribution is 0.463. The Morgan fingerprint density at radius 2 is 2.42 bits per heavy atom. The molecule has 0 unspecified atom stereocenters. The molecular weight excluding hydrogens is 186 g/mol. The molecular formula is C9H13NS2. The van der Waals surface area contributed by atoms with Gasteiger partial charge in [-0.25, -0.2) is 0 Å². The van der Waals surface area contributed by atoms with Gasteiger partial charge in [-0.15, -0.1) is 12.6 Å². The van der Waals surface area contributed by atoms with Gasteiger partial charge in [-0.3, -0.25) is 0 Å². The highest BCUT2D eigenvalue weighted by Gasteiger charge is 2.24. The van der Waals surface area contributed by atoms with Crippen LogP contribution in [-0.2, 0) is 0 Å². The lowest BCUT2D eigenvalue weighted by Gasteiger charge is -2.31. The highest BCUT2D eigenvalue weighted by Crippen LogP contribution is 2.21. The summed E-state index contributed by atoms with van der Waals surface area (Å²) in [4.78, 5) is 0. The van der Waals surface area contributed by atoms with Gasteiger partial charge in [0.25, 0.3) is 0 Å².